The van der Waals surface area contributed by atoms with Gasteiger partial charge in [0, 0.05) is 36.1 Å². The second-order valence-electron chi connectivity index (χ2n) is 7.95. The number of rotatable bonds is 13. The normalized spacial score (nSPS) is 11.6. The summed E-state index contributed by atoms with van der Waals surface area (Å²) >= 11 is 1.64. The number of benzene rings is 2. The van der Waals surface area contributed by atoms with Crippen LogP contribution in [0.1, 0.15) is 28.7 Å². The van der Waals surface area contributed by atoms with Crippen molar-refractivity contribution < 1.29 is 17.9 Å². The average Bonchev–Trinajstić information content (AvgIpc) is 3.26. The second-order valence-corrected chi connectivity index (χ2v) is 11.3. The lowest BCUT2D eigenvalue weighted by molar-refractivity contribution is -0.132. The van der Waals surface area contributed by atoms with E-state index in [9.17, 15) is 13.2 Å². The van der Waals surface area contributed by atoms with Crippen LogP contribution in [-0.4, -0.2) is 49.8 Å². The van der Waals surface area contributed by atoms with E-state index in [0.29, 0.717) is 32.7 Å². The van der Waals surface area contributed by atoms with Crippen LogP contribution < -0.4 is 0 Å². The molecule has 0 bridgehead atoms. The number of carbonyl (C=O) groups excluding carboxylic acids is 1. The summed E-state index contributed by atoms with van der Waals surface area (Å²) in [5, 5.41) is 0. The van der Waals surface area contributed by atoms with E-state index in [-0.39, 0.29) is 23.9 Å². The highest BCUT2D eigenvalue weighted by Crippen LogP contribution is 2.20. The maximum atomic E-state index is 13.5. The Kier molecular flexibility index (Phi) is 9.83. The number of aryl methyl sites for hydroxylation is 1. The van der Waals surface area contributed by atoms with Gasteiger partial charge in [-0.3, -0.25) is 4.79 Å². The summed E-state index contributed by atoms with van der Waals surface area (Å²) in [7, 11) is -3.83. The number of sulfonamides is 1. The quantitative estimate of drug-likeness (QED) is 0.319. The number of thiophene rings is 1. The molecule has 0 aliphatic carbocycles. The third-order valence-electron chi connectivity index (χ3n) is 5.30. The summed E-state index contributed by atoms with van der Waals surface area (Å²) in [6, 6.07) is 22.1. The van der Waals surface area contributed by atoms with E-state index in [1.54, 1.807) is 46.6 Å². The van der Waals surface area contributed by atoms with E-state index in [0.717, 1.165) is 10.4 Å². The molecule has 0 aliphatic heterocycles. The Bertz CT molecular complexity index is 1130. The molecule has 6 nitrogen and oxygen atoms in total. The number of hydrogen-bond donors (Lipinski definition) is 0. The van der Waals surface area contributed by atoms with Gasteiger partial charge in [-0.15, -0.1) is 11.3 Å². The molecule has 182 valence electrons. The molecule has 0 aliphatic rings. The first-order valence-electron chi connectivity index (χ1n) is 11.4. The molecule has 1 heterocycles. The Morgan fingerprint density at radius 2 is 1.62 bits per heavy atom. The van der Waals surface area contributed by atoms with Gasteiger partial charge in [-0.2, -0.15) is 4.31 Å². The first-order chi connectivity index (χ1) is 16.4. The number of nitrogens with zero attached hydrogens (tertiary/aromatic N) is 2. The van der Waals surface area contributed by atoms with Gasteiger partial charge < -0.3 is 9.64 Å². The van der Waals surface area contributed by atoms with Gasteiger partial charge in [-0.25, -0.2) is 8.42 Å². The maximum Gasteiger partial charge on any atom is 0.243 e. The van der Waals surface area contributed by atoms with Crippen molar-refractivity contribution in [1.29, 1.82) is 0 Å². The molecule has 0 N–H and O–H groups in total. The summed E-state index contributed by atoms with van der Waals surface area (Å²) in [4.78, 5) is 17.7. The first kappa shape index (κ1) is 26.1. The highest BCUT2D eigenvalue weighted by Gasteiger charge is 2.28. The molecule has 0 atom stereocenters. The van der Waals surface area contributed by atoms with Crippen molar-refractivity contribution in [2.45, 2.75) is 38.3 Å². The minimum atomic E-state index is -3.83. The Labute approximate surface area is 206 Å². The van der Waals surface area contributed by atoms with E-state index in [1.165, 1.54) is 9.18 Å². The zero-order valence-electron chi connectivity index (χ0n) is 19.7. The van der Waals surface area contributed by atoms with Gasteiger partial charge in [-0.1, -0.05) is 48.5 Å². The van der Waals surface area contributed by atoms with Crippen LogP contribution in [-0.2, 0) is 32.6 Å². The van der Waals surface area contributed by atoms with Crippen LogP contribution in [0.25, 0.3) is 0 Å². The molecule has 0 radical (unpaired) electrons. The summed E-state index contributed by atoms with van der Waals surface area (Å²) in [6.45, 7) is 5.77. The Hall–Kier alpha value is -2.52. The fourth-order valence-corrected chi connectivity index (χ4v) is 5.91. The smallest absolute Gasteiger partial charge is 0.243 e. The van der Waals surface area contributed by atoms with Crippen molar-refractivity contribution in [1.82, 2.24) is 9.21 Å². The molecule has 1 amide bonds. The number of carbonyl (C=O) groups is 1. The fraction of sp³-hybridized carbons (Fsp3) is 0.346. The minimum Gasteiger partial charge on any atom is -0.382 e. The standard InChI is InChI=1S/C26H32N2O4S2/c1-3-32-18-10-17-28(34(30,31)25-13-8-5-9-14-25)21-26(29)27(19-23-11-6-4-7-12-23)20-24-16-15-22(2)33-24/h4-9,11-16H,3,10,17-21H2,1-2H3. The molecule has 3 rings (SSSR count). The van der Waals surface area contributed by atoms with Crippen LogP contribution in [0.3, 0.4) is 0 Å². The Morgan fingerprint density at radius 3 is 2.24 bits per heavy atom. The Morgan fingerprint density at radius 1 is 0.941 bits per heavy atom. The molecular formula is C26H32N2O4S2. The SMILES string of the molecule is CCOCCCN(CC(=O)N(Cc1ccccc1)Cc1ccc(C)s1)S(=O)(=O)c1ccccc1. The third kappa shape index (κ3) is 7.50. The van der Waals surface area contributed by atoms with Gasteiger partial charge in [0.25, 0.3) is 0 Å². The topological polar surface area (TPSA) is 66.9 Å². The molecule has 8 heteroatoms. The summed E-state index contributed by atoms with van der Waals surface area (Å²) < 4.78 is 33.5. The highest BCUT2D eigenvalue weighted by molar-refractivity contribution is 7.89. The zero-order valence-corrected chi connectivity index (χ0v) is 21.4. The van der Waals surface area contributed by atoms with Gasteiger partial charge in [0.05, 0.1) is 18.0 Å². The molecule has 0 saturated carbocycles. The van der Waals surface area contributed by atoms with Crippen LogP contribution in [0.5, 0.6) is 0 Å². The number of amides is 1. The third-order valence-corrected chi connectivity index (χ3v) is 8.15. The van der Waals surface area contributed by atoms with Crippen LogP contribution >= 0.6 is 11.3 Å². The summed E-state index contributed by atoms with van der Waals surface area (Å²) in [5.41, 5.74) is 0.998. The van der Waals surface area contributed by atoms with E-state index in [2.05, 4.69) is 0 Å². The maximum absolute atomic E-state index is 13.5. The fourth-order valence-electron chi connectivity index (χ4n) is 3.56. The average molecular weight is 501 g/mol. The molecule has 0 saturated heterocycles. The molecule has 34 heavy (non-hydrogen) atoms. The van der Waals surface area contributed by atoms with Crippen molar-refractivity contribution in [3.8, 4) is 0 Å². The van der Waals surface area contributed by atoms with Gasteiger partial charge in [0.1, 0.15) is 0 Å². The van der Waals surface area contributed by atoms with E-state index >= 15 is 0 Å². The minimum absolute atomic E-state index is 0.183. The van der Waals surface area contributed by atoms with Gasteiger partial charge >= 0.3 is 0 Å². The highest BCUT2D eigenvalue weighted by atomic mass is 32.2. The van der Waals surface area contributed by atoms with Crippen molar-refractivity contribution in [2.75, 3.05) is 26.3 Å². The number of ether oxygens (including phenoxy) is 1. The monoisotopic (exact) mass is 500 g/mol. The molecule has 0 spiro atoms. The van der Waals surface area contributed by atoms with Crippen molar-refractivity contribution in [2.24, 2.45) is 0 Å². The van der Waals surface area contributed by atoms with Gasteiger partial charge in [0.2, 0.25) is 15.9 Å². The molecular weight excluding hydrogens is 468 g/mol. The van der Waals surface area contributed by atoms with Crippen molar-refractivity contribution >= 4 is 27.3 Å². The predicted octanol–water partition coefficient (Wildman–Crippen LogP) is 4.70. The number of hydrogen-bond acceptors (Lipinski definition) is 5. The van der Waals surface area contributed by atoms with Gasteiger partial charge in [-0.05, 0) is 50.1 Å². The summed E-state index contributed by atoms with van der Waals surface area (Å²) in [5.74, 6) is -0.231. The van der Waals surface area contributed by atoms with E-state index < -0.39 is 10.0 Å². The Balaban J connectivity index is 1.83. The van der Waals surface area contributed by atoms with Crippen LogP contribution in [0, 0.1) is 6.92 Å². The lowest BCUT2D eigenvalue weighted by Gasteiger charge is -2.27. The van der Waals surface area contributed by atoms with Crippen LogP contribution in [0.15, 0.2) is 77.7 Å². The first-order valence-corrected chi connectivity index (χ1v) is 13.7. The van der Waals surface area contributed by atoms with Gasteiger partial charge in [0.15, 0.2) is 0 Å². The zero-order chi connectivity index (χ0) is 24.4. The van der Waals surface area contributed by atoms with Crippen LogP contribution in [0.2, 0.25) is 0 Å². The molecule has 0 fully saturated rings. The molecule has 0 unspecified atom stereocenters. The lowest BCUT2D eigenvalue weighted by atomic mass is 10.2. The largest absolute Gasteiger partial charge is 0.382 e. The van der Waals surface area contributed by atoms with Crippen molar-refractivity contribution in [3.63, 3.8) is 0 Å². The van der Waals surface area contributed by atoms with Crippen LogP contribution in [0.4, 0.5) is 0 Å². The molecule has 2 aromatic carbocycles. The predicted molar refractivity (Wildman–Crippen MR) is 136 cm³/mol. The summed E-state index contributed by atoms with van der Waals surface area (Å²) in [6.07, 6.45) is 0.510. The second kappa shape index (κ2) is 12.8. The van der Waals surface area contributed by atoms with E-state index in [4.69, 9.17) is 4.74 Å². The van der Waals surface area contributed by atoms with Crippen molar-refractivity contribution in [3.05, 3.63) is 88.1 Å². The molecule has 1 aromatic heterocycles. The molecule has 3 aromatic rings. The van der Waals surface area contributed by atoms with E-state index in [1.807, 2.05) is 56.3 Å². The lowest BCUT2D eigenvalue weighted by Crippen LogP contribution is -2.43.